The van der Waals surface area contributed by atoms with Gasteiger partial charge in [0.25, 0.3) is 0 Å². The minimum atomic E-state index is 0.0505. The van der Waals surface area contributed by atoms with Gasteiger partial charge < -0.3 is 0 Å². The van der Waals surface area contributed by atoms with E-state index >= 15 is 0 Å². The number of hydrogen-bond donors (Lipinski definition) is 0. The van der Waals surface area contributed by atoms with Crippen molar-refractivity contribution >= 4 is 27.5 Å². The zero-order valence-corrected chi connectivity index (χ0v) is 20.8. The lowest BCUT2D eigenvalue weighted by molar-refractivity contribution is -0.236. The summed E-state index contributed by atoms with van der Waals surface area (Å²) in [5.74, 6) is 7.10. The SMILES string of the molecule is CC1=C(OOC2=C(C)C3(C)CC2C=C3c2ccccp2)C2C=C(c3ccccp3)C1(C)C2. The maximum Gasteiger partial charge on any atom is 0.162 e. The molecule has 0 N–H and O–H groups in total. The predicted molar refractivity (Wildman–Crippen MR) is 134 cm³/mol. The third-order valence-electron chi connectivity index (χ3n) is 8.35. The van der Waals surface area contributed by atoms with Crippen molar-refractivity contribution < 1.29 is 9.78 Å². The minimum Gasteiger partial charge on any atom is -0.294 e. The molecule has 0 saturated heterocycles. The summed E-state index contributed by atoms with van der Waals surface area (Å²) in [4.78, 5) is 12.3. The molecule has 0 radical (unpaired) electrons. The molecular weight excluding hydrogens is 430 g/mol. The molecule has 4 bridgehead atoms. The van der Waals surface area contributed by atoms with Crippen LogP contribution in [0.3, 0.4) is 0 Å². The van der Waals surface area contributed by atoms with E-state index in [4.69, 9.17) is 9.78 Å². The van der Waals surface area contributed by atoms with Crippen LogP contribution in [0.15, 0.2) is 82.8 Å². The zero-order chi connectivity index (χ0) is 22.1. The lowest BCUT2D eigenvalue weighted by atomic mass is 9.78. The topological polar surface area (TPSA) is 18.5 Å². The molecule has 2 nitrogen and oxygen atoms in total. The summed E-state index contributed by atoms with van der Waals surface area (Å²) in [7, 11) is 2.57. The fourth-order valence-corrected chi connectivity index (χ4v) is 8.21. The van der Waals surface area contributed by atoms with Crippen LogP contribution in [0.1, 0.15) is 51.1 Å². The molecule has 4 aliphatic carbocycles. The van der Waals surface area contributed by atoms with Crippen molar-refractivity contribution in [3.8, 4) is 0 Å². The van der Waals surface area contributed by atoms with E-state index in [-0.39, 0.29) is 10.8 Å². The maximum atomic E-state index is 6.15. The largest absolute Gasteiger partial charge is 0.294 e. The van der Waals surface area contributed by atoms with Gasteiger partial charge in [0.05, 0.1) is 0 Å². The summed E-state index contributed by atoms with van der Waals surface area (Å²) in [5.41, 5.74) is 5.68. The van der Waals surface area contributed by atoms with Gasteiger partial charge in [0.15, 0.2) is 11.5 Å². The average Bonchev–Trinajstić information content (AvgIpc) is 3.48. The standard InChI is InChI=1S/C28H28O2P2/c1-17-25(19-13-21(27(17,3)15-19)23-9-5-7-11-31-23)29-30-26-18(2)28(4)16-20(26)14-22(28)24-10-6-8-12-32-24/h5-14,19-20H,15-16H2,1-4H3. The normalized spacial score (nSPS) is 33.0. The van der Waals surface area contributed by atoms with Gasteiger partial charge in [-0.2, -0.15) is 0 Å². The van der Waals surface area contributed by atoms with Crippen molar-refractivity contribution in [3.63, 3.8) is 0 Å². The van der Waals surface area contributed by atoms with E-state index in [0.717, 1.165) is 24.4 Å². The fraction of sp³-hybridized carbons (Fsp3) is 0.357. The number of allylic oxidation sites excluding steroid dienone is 6. The second-order valence-electron chi connectivity index (χ2n) is 10.0. The van der Waals surface area contributed by atoms with Gasteiger partial charge in [0, 0.05) is 33.3 Å². The van der Waals surface area contributed by atoms with Crippen LogP contribution >= 0.6 is 16.4 Å². The van der Waals surface area contributed by atoms with Crippen LogP contribution < -0.4 is 0 Å². The molecule has 4 atom stereocenters. The highest BCUT2D eigenvalue weighted by Crippen LogP contribution is 2.63. The van der Waals surface area contributed by atoms with Crippen LogP contribution in [0.4, 0.5) is 0 Å². The number of hydrogen-bond acceptors (Lipinski definition) is 2. The third kappa shape index (κ3) is 2.79. The molecule has 4 heteroatoms. The second kappa shape index (κ2) is 7.18. The summed E-state index contributed by atoms with van der Waals surface area (Å²) < 4.78 is 0. The number of rotatable bonds is 5. The second-order valence-corrected chi connectivity index (χ2v) is 12.1. The van der Waals surface area contributed by atoms with Crippen LogP contribution in [-0.2, 0) is 9.78 Å². The average molecular weight is 458 g/mol. The summed E-state index contributed by atoms with van der Waals surface area (Å²) in [6.45, 7) is 9.18. The monoisotopic (exact) mass is 458 g/mol. The van der Waals surface area contributed by atoms with Crippen molar-refractivity contribution in [2.24, 2.45) is 22.7 Å². The third-order valence-corrected chi connectivity index (χ3v) is 10.3. The highest BCUT2D eigenvalue weighted by molar-refractivity contribution is 7.31. The Bertz CT molecular complexity index is 1130. The molecule has 6 rings (SSSR count). The Balaban J connectivity index is 1.23. The van der Waals surface area contributed by atoms with E-state index in [1.54, 1.807) is 0 Å². The molecule has 0 spiro atoms. The molecule has 32 heavy (non-hydrogen) atoms. The van der Waals surface area contributed by atoms with Crippen molar-refractivity contribution in [2.75, 3.05) is 0 Å². The van der Waals surface area contributed by atoms with Crippen LogP contribution in [0.2, 0.25) is 0 Å². The van der Waals surface area contributed by atoms with Crippen molar-refractivity contribution in [1.82, 2.24) is 0 Å². The van der Waals surface area contributed by atoms with Crippen molar-refractivity contribution in [2.45, 2.75) is 40.5 Å². The van der Waals surface area contributed by atoms with Crippen LogP contribution in [0, 0.1) is 22.7 Å². The quantitative estimate of drug-likeness (QED) is 0.329. The van der Waals surface area contributed by atoms with E-state index < -0.39 is 0 Å². The Hall–Kier alpha value is -2.14. The Morgan fingerprint density at radius 2 is 1.16 bits per heavy atom. The predicted octanol–water partition coefficient (Wildman–Crippen LogP) is 8.89. The summed E-state index contributed by atoms with van der Waals surface area (Å²) in [6.07, 6.45) is 7.00. The van der Waals surface area contributed by atoms with Gasteiger partial charge in [-0.25, -0.2) is 0 Å². The van der Waals surface area contributed by atoms with Gasteiger partial charge in [0.1, 0.15) is 0 Å². The van der Waals surface area contributed by atoms with Crippen LogP contribution in [-0.4, -0.2) is 0 Å². The van der Waals surface area contributed by atoms with Crippen LogP contribution in [0.25, 0.3) is 11.1 Å². The summed E-state index contributed by atoms with van der Waals surface area (Å²) in [5, 5.41) is 2.83. The molecule has 0 fully saturated rings. The van der Waals surface area contributed by atoms with Gasteiger partial charge >= 0.3 is 0 Å². The highest BCUT2D eigenvalue weighted by Gasteiger charge is 2.52. The molecule has 2 aromatic heterocycles. The Morgan fingerprint density at radius 3 is 1.50 bits per heavy atom. The van der Waals surface area contributed by atoms with Gasteiger partial charge in [-0.1, -0.05) is 78.8 Å². The van der Waals surface area contributed by atoms with Gasteiger partial charge in [-0.05, 0) is 60.6 Å². The Kier molecular flexibility index (Phi) is 4.59. The zero-order valence-electron chi connectivity index (χ0n) is 19.1. The Morgan fingerprint density at radius 1 is 0.719 bits per heavy atom. The van der Waals surface area contributed by atoms with Crippen LogP contribution in [0.5, 0.6) is 0 Å². The van der Waals surface area contributed by atoms with Gasteiger partial charge in [0.2, 0.25) is 0 Å². The molecule has 2 heterocycles. The molecule has 0 saturated carbocycles. The lowest BCUT2D eigenvalue weighted by Crippen LogP contribution is -2.16. The Labute approximate surface area is 193 Å². The van der Waals surface area contributed by atoms with Gasteiger partial charge in [-0.15, -0.1) is 0 Å². The summed E-state index contributed by atoms with van der Waals surface area (Å²) >= 11 is 0. The molecule has 0 amide bonds. The maximum absolute atomic E-state index is 6.15. The fourth-order valence-electron chi connectivity index (χ4n) is 6.25. The molecule has 0 aliphatic heterocycles. The van der Waals surface area contributed by atoms with Gasteiger partial charge in [-0.3, -0.25) is 9.78 Å². The first kappa shape index (κ1) is 20.5. The van der Waals surface area contributed by atoms with E-state index in [1.165, 1.54) is 49.3 Å². The summed E-state index contributed by atoms with van der Waals surface area (Å²) in [6, 6.07) is 13.0. The lowest BCUT2D eigenvalue weighted by Gasteiger charge is -2.29. The van der Waals surface area contributed by atoms with E-state index in [2.05, 4.69) is 87.8 Å². The first-order chi connectivity index (χ1) is 15.4. The van der Waals surface area contributed by atoms with E-state index in [9.17, 15) is 0 Å². The molecular formula is C28H28O2P2. The molecule has 4 unspecified atom stereocenters. The minimum absolute atomic E-state index is 0.0505. The molecule has 0 aromatic carbocycles. The molecule has 2 aromatic rings. The first-order valence-corrected chi connectivity index (χ1v) is 13.4. The molecule has 4 aliphatic rings. The molecule has 162 valence electrons. The van der Waals surface area contributed by atoms with Crippen molar-refractivity contribution in [3.05, 3.63) is 93.4 Å². The smallest absolute Gasteiger partial charge is 0.162 e. The van der Waals surface area contributed by atoms with Crippen molar-refractivity contribution in [1.29, 1.82) is 0 Å². The van der Waals surface area contributed by atoms with E-state index in [0.29, 0.717) is 11.8 Å². The van der Waals surface area contributed by atoms with E-state index in [1.807, 2.05) is 0 Å². The first-order valence-electron chi connectivity index (χ1n) is 11.5. The number of fused-ring (bicyclic) bond motifs is 4. The highest BCUT2D eigenvalue weighted by atomic mass is 31.0.